The van der Waals surface area contributed by atoms with E-state index in [2.05, 4.69) is 4.90 Å². The molecule has 10 heteroatoms. The Kier molecular flexibility index (Phi) is 8.80. The molecule has 0 bridgehead atoms. The molecule has 4 rings (SSSR count). The fourth-order valence-electron chi connectivity index (χ4n) is 4.98. The number of carbonyl (C=O) groups is 3. The molecule has 2 aliphatic heterocycles. The van der Waals surface area contributed by atoms with Crippen LogP contribution in [0.4, 0.5) is 4.39 Å². The highest BCUT2D eigenvalue weighted by Crippen LogP contribution is 2.37. The number of esters is 1. The maximum absolute atomic E-state index is 14.7. The fraction of sp³-hybridized carbons (Fsp3) is 0.500. The average Bonchev–Trinajstić information content (AvgIpc) is 3.24. The van der Waals surface area contributed by atoms with E-state index in [1.807, 2.05) is 0 Å². The lowest BCUT2D eigenvalue weighted by Crippen LogP contribution is -2.55. The van der Waals surface area contributed by atoms with Gasteiger partial charge in [-0.2, -0.15) is 0 Å². The molecule has 2 aliphatic rings. The number of hydrogen-bond acceptors (Lipinski definition) is 7. The highest BCUT2D eigenvalue weighted by molar-refractivity contribution is 6.02. The van der Waals surface area contributed by atoms with Crippen molar-refractivity contribution in [2.45, 2.75) is 71.4 Å². The van der Waals surface area contributed by atoms with E-state index in [-0.39, 0.29) is 37.7 Å². The lowest BCUT2D eigenvalue weighted by molar-refractivity contribution is -0.155. The Hall–Kier alpha value is -3.50. The molecule has 2 aromatic rings. The highest BCUT2D eigenvalue weighted by Gasteiger charge is 2.46. The molecule has 216 valence electrons. The molecule has 2 N–H and O–H groups in total. The van der Waals surface area contributed by atoms with Crippen LogP contribution in [0.3, 0.4) is 0 Å². The largest absolute Gasteiger partial charge is 0.488 e. The Labute approximate surface area is 234 Å². The van der Waals surface area contributed by atoms with Gasteiger partial charge in [0.05, 0.1) is 19.8 Å². The minimum atomic E-state index is -1.43. The minimum absolute atomic E-state index is 0.00825. The van der Waals surface area contributed by atoms with Crippen LogP contribution in [0.2, 0.25) is 0 Å². The van der Waals surface area contributed by atoms with E-state index in [9.17, 15) is 18.8 Å². The van der Waals surface area contributed by atoms with Crippen molar-refractivity contribution in [2.24, 2.45) is 5.73 Å². The van der Waals surface area contributed by atoms with Crippen LogP contribution in [-0.2, 0) is 38.8 Å². The number of fused-ring (bicyclic) bond motifs is 1. The molecule has 2 aromatic carbocycles. The summed E-state index contributed by atoms with van der Waals surface area (Å²) in [5.74, 6) is -1.54. The molecule has 0 unspecified atom stereocenters. The molecular formula is C30H38FN3O6. The smallest absolute Gasteiger partial charge is 0.306 e. The molecule has 1 saturated heterocycles. The molecule has 1 fully saturated rings. The normalized spacial score (nSPS) is 17.3. The zero-order valence-electron chi connectivity index (χ0n) is 23.6. The maximum atomic E-state index is 14.7. The molecule has 0 radical (unpaired) electrons. The number of hydrogen-bond donors (Lipinski definition) is 1. The number of rotatable bonds is 10. The SMILES string of the molecule is CC(C)(C)OC(=O)CC[C@](C)(C(N)=O)N1Cc2c(OCc3cc(CN4CCOCC4)ccc3F)cccc2C1=O. The van der Waals surface area contributed by atoms with Crippen LogP contribution in [0, 0.1) is 5.82 Å². The Morgan fingerprint density at radius 1 is 1.10 bits per heavy atom. The van der Waals surface area contributed by atoms with E-state index in [0.29, 0.717) is 42.2 Å². The first kappa shape index (κ1) is 29.5. The van der Waals surface area contributed by atoms with Gasteiger partial charge in [0.25, 0.3) is 5.91 Å². The van der Waals surface area contributed by atoms with E-state index in [4.69, 9.17) is 19.9 Å². The number of ether oxygens (including phenoxy) is 3. The van der Waals surface area contributed by atoms with Crippen LogP contribution in [-0.4, -0.2) is 65.0 Å². The Morgan fingerprint density at radius 2 is 1.82 bits per heavy atom. The Balaban J connectivity index is 1.48. The predicted molar refractivity (Wildman–Crippen MR) is 146 cm³/mol. The van der Waals surface area contributed by atoms with Gasteiger partial charge in [0.1, 0.15) is 29.3 Å². The average molecular weight is 556 g/mol. The summed E-state index contributed by atoms with van der Waals surface area (Å²) in [4.78, 5) is 42.0. The molecule has 0 spiro atoms. The van der Waals surface area contributed by atoms with Crippen LogP contribution >= 0.6 is 0 Å². The number of benzene rings is 2. The van der Waals surface area contributed by atoms with Crippen molar-refractivity contribution in [1.82, 2.24) is 9.80 Å². The molecule has 2 heterocycles. The van der Waals surface area contributed by atoms with Gasteiger partial charge in [-0.15, -0.1) is 0 Å². The van der Waals surface area contributed by atoms with Crippen molar-refractivity contribution in [3.63, 3.8) is 0 Å². The summed E-state index contributed by atoms with van der Waals surface area (Å²) < 4.78 is 31.5. The molecule has 0 aromatic heterocycles. The highest BCUT2D eigenvalue weighted by atomic mass is 19.1. The summed E-state index contributed by atoms with van der Waals surface area (Å²) in [6.45, 7) is 10.6. The van der Waals surface area contributed by atoms with Crippen molar-refractivity contribution in [1.29, 1.82) is 0 Å². The van der Waals surface area contributed by atoms with Crippen molar-refractivity contribution < 1.29 is 33.0 Å². The quantitative estimate of drug-likeness (QED) is 0.446. The number of nitrogens with two attached hydrogens (primary N) is 1. The Bertz CT molecular complexity index is 1270. The molecular weight excluding hydrogens is 517 g/mol. The van der Waals surface area contributed by atoms with Crippen LogP contribution in [0.5, 0.6) is 5.75 Å². The molecule has 9 nitrogen and oxygen atoms in total. The van der Waals surface area contributed by atoms with Gasteiger partial charge in [0.2, 0.25) is 5.91 Å². The number of nitrogens with zero attached hydrogens (tertiary/aromatic N) is 2. The second kappa shape index (κ2) is 11.9. The number of carbonyl (C=O) groups excluding carboxylic acids is 3. The van der Waals surface area contributed by atoms with E-state index >= 15 is 0 Å². The van der Waals surface area contributed by atoms with Crippen molar-refractivity contribution in [3.05, 3.63) is 64.5 Å². The van der Waals surface area contributed by atoms with E-state index in [1.54, 1.807) is 58.0 Å². The third kappa shape index (κ3) is 6.79. The van der Waals surface area contributed by atoms with Gasteiger partial charge in [0.15, 0.2) is 0 Å². The summed E-state index contributed by atoms with van der Waals surface area (Å²) in [5.41, 5.74) is 6.01. The summed E-state index contributed by atoms with van der Waals surface area (Å²) in [6, 6.07) is 10.1. The lowest BCUT2D eigenvalue weighted by atomic mass is 9.92. The first-order valence-electron chi connectivity index (χ1n) is 13.5. The van der Waals surface area contributed by atoms with Crippen LogP contribution in [0.15, 0.2) is 36.4 Å². The van der Waals surface area contributed by atoms with Crippen molar-refractivity contribution in [3.8, 4) is 5.75 Å². The zero-order chi connectivity index (χ0) is 29.1. The zero-order valence-corrected chi connectivity index (χ0v) is 23.6. The van der Waals surface area contributed by atoms with E-state index in [0.717, 1.165) is 18.7 Å². The lowest BCUT2D eigenvalue weighted by Gasteiger charge is -2.36. The summed E-state index contributed by atoms with van der Waals surface area (Å²) in [7, 11) is 0. The van der Waals surface area contributed by atoms with E-state index < -0.39 is 23.0 Å². The number of halogens is 1. The third-order valence-corrected chi connectivity index (χ3v) is 7.29. The summed E-state index contributed by atoms with van der Waals surface area (Å²) >= 11 is 0. The number of primary amides is 1. The van der Waals surface area contributed by atoms with Crippen molar-refractivity contribution in [2.75, 3.05) is 26.3 Å². The van der Waals surface area contributed by atoms with Gasteiger partial charge in [-0.3, -0.25) is 19.3 Å². The predicted octanol–water partition coefficient (Wildman–Crippen LogP) is 3.56. The van der Waals surface area contributed by atoms with Gasteiger partial charge in [-0.1, -0.05) is 12.1 Å². The molecule has 2 amide bonds. The minimum Gasteiger partial charge on any atom is -0.488 e. The standard InChI is InChI=1S/C30H38FN3O6/c1-29(2,3)40-26(35)10-11-30(4,28(32)37)34-18-23-22(27(34)36)6-5-7-25(23)39-19-21-16-20(8-9-24(21)31)17-33-12-14-38-15-13-33/h5-9,16H,10-15,17-19H2,1-4H3,(H2,32,37)/t30-/m1/s1. The summed E-state index contributed by atoms with van der Waals surface area (Å²) in [5, 5.41) is 0. The molecule has 1 atom stereocenters. The van der Waals surface area contributed by atoms with Crippen LogP contribution < -0.4 is 10.5 Å². The maximum Gasteiger partial charge on any atom is 0.306 e. The van der Waals surface area contributed by atoms with Gasteiger partial charge >= 0.3 is 5.97 Å². The summed E-state index contributed by atoms with van der Waals surface area (Å²) in [6.07, 6.45) is -0.0748. The second-order valence-corrected chi connectivity index (χ2v) is 11.5. The molecule has 40 heavy (non-hydrogen) atoms. The molecule has 0 aliphatic carbocycles. The van der Waals surface area contributed by atoms with Gasteiger partial charge in [-0.25, -0.2) is 4.39 Å². The number of amides is 2. The van der Waals surface area contributed by atoms with Crippen LogP contribution in [0.25, 0.3) is 0 Å². The topological polar surface area (TPSA) is 111 Å². The first-order valence-corrected chi connectivity index (χ1v) is 13.5. The third-order valence-electron chi connectivity index (χ3n) is 7.29. The first-order chi connectivity index (χ1) is 18.9. The number of morpholine rings is 1. The van der Waals surface area contributed by atoms with Crippen molar-refractivity contribution >= 4 is 17.8 Å². The van der Waals surface area contributed by atoms with Gasteiger partial charge < -0.3 is 24.8 Å². The van der Waals surface area contributed by atoms with Crippen LogP contribution in [0.1, 0.15) is 67.6 Å². The van der Waals surface area contributed by atoms with Gasteiger partial charge in [0, 0.05) is 42.7 Å². The fourth-order valence-corrected chi connectivity index (χ4v) is 4.98. The molecule has 0 saturated carbocycles. The van der Waals surface area contributed by atoms with Gasteiger partial charge in [-0.05, 0) is 63.9 Å². The Morgan fingerprint density at radius 3 is 2.50 bits per heavy atom. The van der Waals surface area contributed by atoms with E-state index in [1.165, 1.54) is 11.0 Å². The second-order valence-electron chi connectivity index (χ2n) is 11.5. The monoisotopic (exact) mass is 555 g/mol.